The molecule has 0 spiro atoms. The zero-order valence-corrected chi connectivity index (χ0v) is 10.3. The molecule has 1 unspecified atom stereocenters. The number of rotatable bonds is 4. The predicted octanol–water partition coefficient (Wildman–Crippen LogP) is 0.484. The Morgan fingerprint density at radius 1 is 1.39 bits per heavy atom. The van der Waals surface area contributed by atoms with Gasteiger partial charge in [-0.1, -0.05) is 0 Å². The van der Waals surface area contributed by atoms with Crippen LogP contribution in [0.3, 0.4) is 0 Å². The van der Waals surface area contributed by atoms with Crippen LogP contribution in [-0.4, -0.2) is 33.9 Å². The summed E-state index contributed by atoms with van der Waals surface area (Å²) in [5, 5.41) is 13.9. The third-order valence-corrected chi connectivity index (χ3v) is 2.36. The number of aromatic nitrogens is 1. The summed E-state index contributed by atoms with van der Waals surface area (Å²) in [7, 11) is 0. The molecule has 98 valence electrons. The number of carbonyl (C=O) groups excluding carboxylic acids is 2. The van der Waals surface area contributed by atoms with Gasteiger partial charge in [-0.25, -0.2) is 4.79 Å². The van der Waals surface area contributed by atoms with E-state index >= 15 is 0 Å². The number of carbonyl (C=O) groups is 3. The largest absolute Gasteiger partial charge is 0.478 e. The molecule has 0 aromatic carbocycles. The van der Waals surface area contributed by atoms with Gasteiger partial charge < -0.3 is 20.7 Å². The molecule has 0 radical (unpaired) electrons. The van der Waals surface area contributed by atoms with Crippen molar-refractivity contribution in [3.05, 3.63) is 17.5 Å². The molecule has 0 saturated heterocycles. The van der Waals surface area contributed by atoms with Gasteiger partial charge in [-0.15, -0.1) is 0 Å². The van der Waals surface area contributed by atoms with Crippen LogP contribution in [0.1, 0.15) is 29.9 Å². The summed E-state index contributed by atoms with van der Waals surface area (Å²) in [5.74, 6) is -1.94. The Bertz CT molecular complexity index is 492. The Morgan fingerprint density at radius 2 is 2.00 bits per heavy atom. The van der Waals surface area contributed by atoms with Gasteiger partial charge in [-0.2, -0.15) is 0 Å². The van der Waals surface area contributed by atoms with Crippen LogP contribution < -0.4 is 10.6 Å². The molecule has 0 bridgehead atoms. The number of H-pyrrole nitrogens is 1. The molecule has 1 atom stereocenters. The minimum atomic E-state index is -1.13. The molecule has 0 aliphatic heterocycles. The van der Waals surface area contributed by atoms with E-state index < -0.39 is 17.9 Å². The molecule has 2 amide bonds. The van der Waals surface area contributed by atoms with Gasteiger partial charge in [0, 0.05) is 18.8 Å². The van der Waals surface area contributed by atoms with Crippen LogP contribution in [-0.2, 0) is 9.59 Å². The van der Waals surface area contributed by atoms with Crippen molar-refractivity contribution < 1.29 is 19.5 Å². The smallest absolute Gasteiger partial charge is 0.339 e. The van der Waals surface area contributed by atoms with Gasteiger partial charge in [-0.05, 0) is 13.8 Å². The number of anilines is 1. The number of nitrogens with one attached hydrogen (secondary N) is 3. The summed E-state index contributed by atoms with van der Waals surface area (Å²) in [6.45, 7) is 4.40. The van der Waals surface area contributed by atoms with Gasteiger partial charge in [-0.3, -0.25) is 9.59 Å². The summed E-state index contributed by atoms with van der Waals surface area (Å²) in [6.07, 6.45) is 1.40. The molecule has 1 heterocycles. The van der Waals surface area contributed by atoms with E-state index in [0.29, 0.717) is 5.69 Å². The number of aromatic carboxylic acids is 1. The van der Waals surface area contributed by atoms with Gasteiger partial charge in [0.15, 0.2) is 0 Å². The van der Waals surface area contributed by atoms with Gasteiger partial charge in [0.1, 0.15) is 11.6 Å². The summed E-state index contributed by atoms with van der Waals surface area (Å²) in [6, 6.07) is -0.737. The van der Waals surface area contributed by atoms with Gasteiger partial charge in [0.05, 0.1) is 5.69 Å². The van der Waals surface area contributed by atoms with E-state index in [-0.39, 0.29) is 17.2 Å². The van der Waals surface area contributed by atoms with E-state index in [1.807, 2.05) is 0 Å². The van der Waals surface area contributed by atoms with E-state index in [4.69, 9.17) is 5.11 Å². The molecule has 4 N–H and O–H groups in total. The number of aromatic amines is 1. The second kappa shape index (κ2) is 5.35. The van der Waals surface area contributed by atoms with Crippen LogP contribution in [0.15, 0.2) is 6.20 Å². The van der Waals surface area contributed by atoms with Crippen molar-refractivity contribution in [1.29, 1.82) is 0 Å². The average Bonchev–Trinajstić information content (AvgIpc) is 2.58. The van der Waals surface area contributed by atoms with Crippen LogP contribution in [0.2, 0.25) is 0 Å². The summed E-state index contributed by atoms with van der Waals surface area (Å²) in [5.41, 5.74) is 0.644. The Labute approximate surface area is 104 Å². The Kier molecular flexibility index (Phi) is 4.09. The van der Waals surface area contributed by atoms with Crippen LogP contribution in [0.25, 0.3) is 0 Å². The SMILES string of the molecule is CC(=O)NC(C)C(=O)Nc1c[nH]c(C)c1C(=O)O. The minimum absolute atomic E-state index is 0.0124. The monoisotopic (exact) mass is 253 g/mol. The highest BCUT2D eigenvalue weighted by atomic mass is 16.4. The quantitative estimate of drug-likeness (QED) is 0.625. The third-order valence-electron chi connectivity index (χ3n) is 2.36. The van der Waals surface area contributed by atoms with Gasteiger partial charge in [0.2, 0.25) is 11.8 Å². The Hall–Kier alpha value is -2.31. The molecule has 1 aromatic heterocycles. The zero-order valence-electron chi connectivity index (χ0n) is 10.3. The van der Waals surface area contributed by atoms with Gasteiger partial charge >= 0.3 is 5.97 Å². The average molecular weight is 253 g/mol. The number of aryl methyl sites for hydroxylation is 1. The zero-order chi connectivity index (χ0) is 13.9. The molecule has 1 rings (SSSR count). The molecular formula is C11H15N3O4. The van der Waals surface area contributed by atoms with E-state index in [1.54, 1.807) is 6.92 Å². The maximum Gasteiger partial charge on any atom is 0.339 e. The van der Waals surface area contributed by atoms with E-state index in [9.17, 15) is 14.4 Å². The second-order valence-corrected chi connectivity index (χ2v) is 3.92. The normalized spacial score (nSPS) is 11.7. The van der Waals surface area contributed by atoms with Gasteiger partial charge in [0.25, 0.3) is 0 Å². The minimum Gasteiger partial charge on any atom is -0.478 e. The van der Waals surface area contributed by atoms with Crippen LogP contribution >= 0.6 is 0 Å². The van der Waals surface area contributed by atoms with Crippen molar-refractivity contribution in [1.82, 2.24) is 10.3 Å². The van der Waals surface area contributed by atoms with Crippen molar-refractivity contribution in [2.45, 2.75) is 26.8 Å². The van der Waals surface area contributed by atoms with Crippen LogP contribution in [0, 0.1) is 6.92 Å². The first-order valence-corrected chi connectivity index (χ1v) is 5.32. The molecule has 1 aromatic rings. The van der Waals surface area contributed by atoms with E-state index in [2.05, 4.69) is 15.6 Å². The molecule has 0 saturated carbocycles. The number of amides is 2. The molecule has 0 fully saturated rings. The van der Waals surface area contributed by atoms with Crippen molar-refractivity contribution >= 4 is 23.5 Å². The molecular weight excluding hydrogens is 238 g/mol. The maximum absolute atomic E-state index is 11.7. The third kappa shape index (κ3) is 3.09. The van der Waals surface area contributed by atoms with Crippen LogP contribution in [0.4, 0.5) is 5.69 Å². The second-order valence-electron chi connectivity index (χ2n) is 3.92. The topological polar surface area (TPSA) is 111 Å². The lowest BCUT2D eigenvalue weighted by atomic mass is 10.2. The number of carboxylic acids is 1. The lowest BCUT2D eigenvalue weighted by Gasteiger charge is -2.12. The van der Waals surface area contributed by atoms with Crippen LogP contribution in [0.5, 0.6) is 0 Å². The van der Waals surface area contributed by atoms with Crippen molar-refractivity contribution in [2.24, 2.45) is 0 Å². The highest BCUT2D eigenvalue weighted by molar-refractivity contribution is 6.03. The summed E-state index contributed by atoms with van der Waals surface area (Å²) < 4.78 is 0. The highest BCUT2D eigenvalue weighted by Gasteiger charge is 2.20. The predicted molar refractivity (Wildman–Crippen MR) is 64.4 cm³/mol. The molecule has 7 heteroatoms. The Balaban J connectivity index is 2.82. The first-order chi connectivity index (χ1) is 8.32. The Morgan fingerprint density at radius 3 is 2.50 bits per heavy atom. The maximum atomic E-state index is 11.7. The van der Waals surface area contributed by atoms with Crippen molar-refractivity contribution in [2.75, 3.05) is 5.32 Å². The summed E-state index contributed by atoms with van der Waals surface area (Å²) >= 11 is 0. The number of hydrogen-bond acceptors (Lipinski definition) is 3. The number of hydrogen-bond donors (Lipinski definition) is 4. The van der Waals surface area contributed by atoms with E-state index in [0.717, 1.165) is 0 Å². The molecule has 0 aliphatic rings. The molecule has 7 nitrogen and oxygen atoms in total. The standard InChI is InChI=1S/C11H15N3O4/c1-5-9(11(17)18)8(4-12-5)14-10(16)6(2)13-7(3)15/h4,6,12H,1-3H3,(H,13,15)(H,14,16)(H,17,18). The van der Waals surface area contributed by atoms with E-state index in [1.165, 1.54) is 20.0 Å². The fourth-order valence-electron chi connectivity index (χ4n) is 1.51. The first-order valence-electron chi connectivity index (χ1n) is 5.32. The molecule has 18 heavy (non-hydrogen) atoms. The lowest BCUT2D eigenvalue weighted by Crippen LogP contribution is -2.40. The number of carboxylic acid groups (broad SMARTS) is 1. The fraction of sp³-hybridized carbons (Fsp3) is 0.364. The fourth-order valence-corrected chi connectivity index (χ4v) is 1.51. The molecule has 0 aliphatic carbocycles. The van der Waals surface area contributed by atoms with Crippen molar-refractivity contribution in [3.63, 3.8) is 0 Å². The summed E-state index contributed by atoms with van der Waals surface area (Å²) in [4.78, 5) is 36.2. The van der Waals surface area contributed by atoms with Crippen molar-refractivity contribution in [3.8, 4) is 0 Å². The lowest BCUT2D eigenvalue weighted by molar-refractivity contribution is -0.124. The first kappa shape index (κ1) is 13.8. The highest BCUT2D eigenvalue weighted by Crippen LogP contribution is 2.19.